The first-order chi connectivity index (χ1) is 8.32. The van der Waals surface area contributed by atoms with E-state index in [0.717, 1.165) is 17.8 Å². The molecule has 0 unspecified atom stereocenters. The third kappa shape index (κ3) is 2.12. The molecule has 1 aliphatic carbocycles. The lowest BCUT2D eigenvalue weighted by Gasteiger charge is -2.12. The average molecular weight is 290 g/mol. The Morgan fingerprint density at radius 2 is 2.22 bits per heavy atom. The highest BCUT2D eigenvalue weighted by atomic mass is 35.5. The Balaban J connectivity index is 1.96. The van der Waals surface area contributed by atoms with Crippen LogP contribution in [0, 0.1) is 12.3 Å². The maximum atomic E-state index is 12.0. The Bertz CT molecular complexity index is 484. The Kier molecular flexibility index (Phi) is 3.36. The van der Waals surface area contributed by atoms with Crippen molar-refractivity contribution in [2.75, 3.05) is 0 Å². The summed E-state index contributed by atoms with van der Waals surface area (Å²) in [5.41, 5.74) is 1.43. The van der Waals surface area contributed by atoms with E-state index in [9.17, 15) is 4.79 Å². The molecule has 1 amide bonds. The first-order valence-corrected chi connectivity index (χ1v) is 6.75. The van der Waals surface area contributed by atoms with Crippen LogP contribution in [-0.2, 0) is 17.9 Å². The molecule has 1 aromatic heterocycles. The molecule has 100 valence electrons. The van der Waals surface area contributed by atoms with Crippen molar-refractivity contribution in [2.45, 2.75) is 44.6 Å². The number of nitrogens with one attached hydrogen (secondary N) is 1. The first-order valence-electron chi connectivity index (χ1n) is 5.99. The molecule has 1 heterocycles. The third-order valence-electron chi connectivity index (χ3n) is 3.70. The summed E-state index contributed by atoms with van der Waals surface area (Å²) in [6, 6.07) is 0. The number of aromatic nitrogens is 2. The number of aryl methyl sites for hydroxylation is 1. The average Bonchev–Trinajstić information content (AvgIpc) is 2.67. The second-order valence-electron chi connectivity index (χ2n) is 4.97. The lowest BCUT2D eigenvalue weighted by molar-refractivity contribution is -0.125. The summed E-state index contributed by atoms with van der Waals surface area (Å²) in [6.45, 7) is 7.09. The first kappa shape index (κ1) is 13.7. The van der Waals surface area contributed by atoms with Crippen LogP contribution in [0.5, 0.6) is 0 Å². The molecule has 4 nitrogen and oxygen atoms in total. The molecule has 0 radical (unpaired) electrons. The summed E-state index contributed by atoms with van der Waals surface area (Å²) in [6.07, 6.45) is 2.28. The highest BCUT2D eigenvalue weighted by Crippen LogP contribution is 2.63. The number of hydrogen-bond acceptors (Lipinski definition) is 2. The van der Waals surface area contributed by atoms with Gasteiger partial charge in [-0.15, -0.1) is 23.2 Å². The van der Waals surface area contributed by atoms with Crippen LogP contribution in [0.1, 0.15) is 31.5 Å². The van der Waals surface area contributed by atoms with Crippen molar-refractivity contribution in [3.63, 3.8) is 0 Å². The van der Waals surface area contributed by atoms with E-state index in [1.807, 2.05) is 18.5 Å². The summed E-state index contributed by atoms with van der Waals surface area (Å²) in [7, 11) is 0. The summed E-state index contributed by atoms with van der Waals surface area (Å²) in [4.78, 5) is 12.0. The number of carbonyl (C=O) groups excluding carboxylic acids is 1. The van der Waals surface area contributed by atoms with Gasteiger partial charge in [0.2, 0.25) is 5.91 Å². The minimum absolute atomic E-state index is 0.101. The number of rotatable bonds is 4. The molecule has 0 aromatic carbocycles. The molecule has 18 heavy (non-hydrogen) atoms. The van der Waals surface area contributed by atoms with Gasteiger partial charge < -0.3 is 5.32 Å². The smallest absolute Gasteiger partial charge is 0.229 e. The van der Waals surface area contributed by atoms with Gasteiger partial charge in [0, 0.05) is 24.3 Å². The molecule has 2 rings (SSSR count). The van der Waals surface area contributed by atoms with Gasteiger partial charge in [0.15, 0.2) is 0 Å². The maximum Gasteiger partial charge on any atom is 0.229 e. The van der Waals surface area contributed by atoms with Crippen molar-refractivity contribution in [2.24, 2.45) is 5.41 Å². The summed E-state index contributed by atoms with van der Waals surface area (Å²) in [5.74, 6) is -0.101. The third-order valence-corrected chi connectivity index (χ3v) is 4.80. The van der Waals surface area contributed by atoms with Gasteiger partial charge in [-0.1, -0.05) is 0 Å². The number of halogens is 2. The number of carbonyl (C=O) groups is 1. The molecule has 1 fully saturated rings. The number of hydrogen-bond donors (Lipinski definition) is 1. The maximum absolute atomic E-state index is 12.0. The highest BCUT2D eigenvalue weighted by molar-refractivity contribution is 6.53. The van der Waals surface area contributed by atoms with Gasteiger partial charge in [-0.2, -0.15) is 5.10 Å². The zero-order chi connectivity index (χ0) is 13.6. The van der Waals surface area contributed by atoms with Gasteiger partial charge in [-0.05, 0) is 27.2 Å². The van der Waals surface area contributed by atoms with Crippen molar-refractivity contribution >= 4 is 29.1 Å². The van der Waals surface area contributed by atoms with Crippen LogP contribution in [0.15, 0.2) is 6.20 Å². The Morgan fingerprint density at radius 3 is 2.67 bits per heavy atom. The fourth-order valence-electron chi connectivity index (χ4n) is 1.99. The largest absolute Gasteiger partial charge is 0.351 e. The minimum atomic E-state index is -0.917. The van der Waals surface area contributed by atoms with Crippen LogP contribution in [0.3, 0.4) is 0 Å². The second kappa shape index (κ2) is 4.42. The summed E-state index contributed by atoms with van der Waals surface area (Å²) >= 11 is 11.9. The summed E-state index contributed by atoms with van der Waals surface area (Å²) in [5, 5.41) is 7.11. The molecule has 1 saturated carbocycles. The monoisotopic (exact) mass is 289 g/mol. The van der Waals surface area contributed by atoms with E-state index in [2.05, 4.69) is 10.4 Å². The van der Waals surface area contributed by atoms with E-state index >= 15 is 0 Å². The highest BCUT2D eigenvalue weighted by Gasteiger charge is 2.67. The predicted octanol–water partition coefficient (Wildman–Crippen LogP) is 2.41. The fourth-order valence-corrected chi connectivity index (χ4v) is 2.70. The second-order valence-corrected chi connectivity index (χ2v) is 6.45. The van der Waals surface area contributed by atoms with E-state index in [1.165, 1.54) is 0 Å². The number of alkyl halides is 2. The van der Waals surface area contributed by atoms with Gasteiger partial charge >= 0.3 is 0 Å². The zero-order valence-electron chi connectivity index (χ0n) is 10.8. The SMILES string of the molecule is CCn1ncc(CNC(=O)[C@@]2(C)CC2(Cl)Cl)c1C. The molecule has 0 spiro atoms. The molecule has 0 bridgehead atoms. The van der Waals surface area contributed by atoms with Gasteiger partial charge in [-0.3, -0.25) is 9.48 Å². The van der Waals surface area contributed by atoms with E-state index in [-0.39, 0.29) is 5.91 Å². The van der Waals surface area contributed by atoms with E-state index in [1.54, 1.807) is 13.1 Å². The van der Waals surface area contributed by atoms with Gasteiger partial charge in [0.1, 0.15) is 4.33 Å². The predicted molar refractivity (Wildman–Crippen MR) is 71.6 cm³/mol. The van der Waals surface area contributed by atoms with E-state index < -0.39 is 9.75 Å². The topological polar surface area (TPSA) is 46.9 Å². The number of amides is 1. The van der Waals surface area contributed by atoms with Crippen molar-refractivity contribution in [1.82, 2.24) is 15.1 Å². The zero-order valence-corrected chi connectivity index (χ0v) is 12.3. The lowest BCUT2D eigenvalue weighted by atomic mass is 10.1. The molecule has 0 aliphatic heterocycles. The Hall–Kier alpha value is -0.740. The molecule has 6 heteroatoms. The van der Waals surface area contributed by atoms with Gasteiger partial charge in [0.05, 0.1) is 11.6 Å². The van der Waals surface area contributed by atoms with Gasteiger partial charge in [0.25, 0.3) is 0 Å². The molecular formula is C12H17Cl2N3O. The molecule has 1 atom stereocenters. The molecular weight excluding hydrogens is 273 g/mol. The standard InChI is InChI=1S/C12H17Cl2N3O/c1-4-17-8(2)9(6-16-17)5-15-10(18)11(3)7-12(11,13)14/h6H,4-5,7H2,1-3H3,(H,15,18)/t11-/m1/s1. The van der Waals surface area contributed by atoms with Crippen LogP contribution in [0.2, 0.25) is 0 Å². The van der Waals surface area contributed by atoms with Crippen molar-refractivity contribution in [3.05, 3.63) is 17.5 Å². The molecule has 1 aliphatic rings. The van der Waals surface area contributed by atoms with Crippen LogP contribution >= 0.6 is 23.2 Å². The Labute approximate surface area is 117 Å². The molecule has 0 saturated heterocycles. The van der Waals surface area contributed by atoms with Crippen LogP contribution in [-0.4, -0.2) is 20.0 Å². The van der Waals surface area contributed by atoms with Gasteiger partial charge in [-0.25, -0.2) is 0 Å². The van der Waals surface area contributed by atoms with E-state index in [4.69, 9.17) is 23.2 Å². The minimum Gasteiger partial charge on any atom is -0.351 e. The number of nitrogens with zero attached hydrogens (tertiary/aromatic N) is 2. The normalized spacial score (nSPS) is 24.9. The van der Waals surface area contributed by atoms with Crippen LogP contribution in [0.4, 0.5) is 0 Å². The Morgan fingerprint density at radius 1 is 1.61 bits per heavy atom. The van der Waals surface area contributed by atoms with Crippen LogP contribution in [0.25, 0.3) is 0 Å². The van der Waals surface area contributed by atoms with Crippen molar-refractivity contribution < 1.29 is 4.79 Å². The van der Waals surface area contributed by atoms with E-state index in [0.29, 0.717) is 13.0 Å². The lowest BCUT2D eigenvalue weighted by Crippen LogP contribution is -2.32. The summed E-state index contributed by atoms with van der Waals surface area (Å²) < 4.78 is 0.980. The quantitative estimate of drug-likeness (QED) is 0.866. The fraction of sp³-hybridized carbons (Fsp3) is 0.667. The van der Waals surface area contributed by atoms with Crippen molar-refractivity contribution in [3.8, 4) is 0 Å². The van der Waals surface area contributed by atoms with Crippen molar-refractivity contribution in [1.29, 1.82) is 0 Å². The van der Waals surface area contributed by atoms with Crippen LogP contribution < -0.4 is 5.32 Å². The molecule has 1 N–H and O–H groups in total. The molecule has 1 aromatic rings.